The molecule has 1 heterocycles. The molecule has 0 fully saturated rings. The zero-order valence-electron chi connectivity index (χ0n) is 9.14. The number of rotatable bonds is 3. The van der Waals surface area contributed by atoms with E-state index >= 15 is 0 Å². The van der Waals surface area contributed by atoms with Crippen molar-refractivity contribution in [3.8, 4) is 0 Å². The van der Waals surface area contributed by atoms with E-state index in [1.807, 2.05) is 0 Å². The summed E-state index contributed by atoms with van der Waals surface area (Å²) in [6.07, 6.45) is 0. The number of urea groups is 1. The second kappa shape index (κ2) is 5.32. The highest BCUT2D eigenvalue weighted by Crippen LogP contribution is 2.29. The summed E-state index contributed by atoms with van der Waals surface area (Å²) in [5.41, 5.74) is 0. The van der Waals surface area contributed by atoms with E-state index in [2.05, 4.69) is 29.4 Å². The van der Waals surface area contributed by atoms with E-state index in [1.165, 1.54) is 16.2 Å². The lowest BCUT2D eigenvalue weighted by Crippen LogP contribution is -2.34. The molecule has 1 aromatic heterocycles. The third-order valence-electron chi connectivity index (χ3n) is 1.54. The normalized spacial score (nSPS) is 10.5. The monoisotopic (exact) mass is 246 g/mol. The first-order valence-corrected chi connectivity index (χ1v) is 6.19. The van der Waals surface area contributed by atoms with Crippen molar-refractivity contribution in [2.24, 2.45) is 0 Å². The molecule has 0 aliphatic rings. The second-order valence-electron chi connectivity index (χ2n) is 3.13. The molecule has 0 aliphatic heterocycles. The highest BCUT2D eigenvalue weighted by molar-refractivity contribution is 8.01. The van der Waals surface area contributed by atoms with E-state index in [9.17, 15) is 4.79 Å². The minimum Gasteiger partial charge on any atom is -0.341 e. The van der Waals surface area contributed by atoms with Crippen LogP contribution >= 0.6 is 23.1 Å². The lowest BCUT2D eigenvalue weighted by atomic mass is 10.6. The summed E-state index contributed by atoms with van der Waals surface area (Å²) in [6.45, 7) is 4.18. The van der Waals surface area contributed by atoms with Crippen molar-refractivity contribution in [2.75, 3.05) is 19.0 Å². The summed E-state index contributed by atoms with van der Waals surface area (Å²) >= 11 is 3.06. The van der Waals surface area contributed by atoms with Crippen molar-refractivity contribution in [1.29, 1.82) is 0 Å². The van der Waals surface area contributed by atoms with Gasteiger partial charge in [-0.25, -0.2) is 4.79 Å². The van der Waals surface area contributed by atoms with Crippen molar-refractivity contribution in [3.05, 3.63) is 0 Å². The molecule has 15 heavy (non-hydrogen) atoms. The van der Waals surface area contributed by atoms with Gasteiger partial charge in [0.15, 0.2) is 4.34 Å². The van der Waals surface area contributed by atoms with Gasteiger partial charge in [-0.15, -0.1) is 10.2 Å². The number of nitrogens with one attached hydrogen (secondary N) is 1. The standard InChI is InChI=1S/C8H14N4OS2/c1-5(2)14-8-11-10-7(15-8)12(4)6(13)9-3/h5H,1-4H3,(H,9,13). The van der Waals surface area contributed by atoms with Crippen LogP contribution < -0.4 is 10.2 Å². The van der Waals surface area contributed by atoms with Gasteiger partial charge in [-0.1, -0.05) is 36.9 Å². The van der Waals surface area contributed by atoms with Gasteiger partial charge in [0.1, 0.15) is 0 Å². The van der Waals surface area contributed by atoms with Gasteiger partial charge in [0.2, 0.25) is 5.13 Å². The molecule has 0 bridgehead atoms. The number of anilines is 1. The molecule has 5 nitrogen and oxygen atoms in total. The van der Waals surface area contributed by atoms with Crippen molar-refractivity contribution >= 4 is 34.3 Å². The molecule has 2 amide bonds. The van der Waals surface area contributed by atoms with Crippen molar-refractivity contribution in [3.63, 3.8) is 0 Å². The van der Waals surface area contributed by atoms with Gasteiger partial charge in [0.25, 0.3) is 0 Å². The van der Waals surface area contributed by atoms with Gasteiger partial charge in [0, 0.05) is 19.3 Å². The van der Waals surface area contributed by atoms with Gasteiger partial charge in [-0.3, -0.25) is 4.90 Å². The van der Waals surface area contributed by atoms with Crippen LogP contribution in [0.4, 0.5) is 9.93 Å². The number of thioether (sulfide) groups is 1. The van der Waals surface area contributed by atoms with Crippen LogP contribution in [0.3, 0.4) is 0 Å². The first-order valence-electron chi connectivity index (χ1n) is 4.50. The van der Waals surface area contributed by atoms with Gasteiger partial charge in [0.05, 0.1) is 0 Å². The third kappa shape index (κ3) is 3.35. The molecule has 0 unspecified atom stereocenters. The van der Waals surface area contributed by atoms with E-state index in [1.54, 1.807) is 25.9 Å². The fraction of sp³-hybridized carbons (Fsp3) is 0.625. The molecule has 84 valence electrons. The van der Waals surface area contributed by atoms with Crippen LogP contribution in [-0.2, 0) is 0 Å². The largest absolute Gasteiger partial charge is 0.341 e. The van der Waals surface area contributed by atoms with Gasteiger partial charge in [-0.05, 0) is 0 Å². The second-order valence-corrected chi connectivity index (χ2v) is 5.91. The molecular weight excluding hydrogens is 232 g/mol. The van der Waals surface area contributed by atoms with Crippen LogP contribution in [0.5, 0.6) is 0 Å². The fourth-order valence-electron chi connectivity index (χ4n) is 0.842. The summed E-state index contributed by atoms with van der Waals surface area (Å²) in [6, 6.07) is -0.188. The molecule has 0 radical (unpaired) electrons. The Morgan fingerprint density at radius 3 is 2.73 bits per heavy atom. The zero-order valence-corrected chi connectivity index (χ0v) is 10.8. The summed E-state index contributed by atoms with van der Waals surface area (Å²) in [7, 11) is 3.26. The predicted octanol–water partition coefficient (Wildman–Crippen LogP) is 1.81. The molecule has 0 atom stereocenters. The predicted molar refractivity (Wildman–Crippen MR) is 63.8 cm³/mol. The van der Waals surface area contributed by atoms with Crippen LogP contribution in [-0.4, -0.2) is 35.6 Å². The molecule has 1 aromatic rings. The van der Waals surface area contributed by atoms with Crippen molar-refractivity contribution < 1.29 is 4.79 Å². The highest BCUT2D eigenvalue weighted by atomic mass is 32.2. The Hall–Kier alpha value is -0.820. The quantitative estimate of drug-likeness (QED) is 0.653. The Balaban J connectivity index is 2.71. The highest BCUT2D eigenvalue weighted by Gasteiger charge is 2.14. The molecule has 0 aromatic carbocycles. The van der Waals surface area contributed by atoms with Crippen LogP contribution in [0.25, 0.3) is 0 Å². The van der Waals surface area contributed by atoms with Gasteiger partial charge >= 0.3 is 6.03 Å². The van der Waals surface area contributed by atoms with Crippen LogP contribution in [0.1, 0.15) is 13.8 Å². The van der Waals surface area contributed by atoms with Crippen molar-refractivity contribution in [2.45, 2.75) is 23.4 Å². The Morgan fingerprint density at radius 1 is 1.53 bits per heavy atom. The average molecular weight is 246 g/mol. The summed E-state index contributed by atoms with van der Waals surface area (Å²) in [4.78, 5) is 12.7. The Labute approximate surface area is 97.3 Å². The number of carbonyl (C=O) groups excluding carboxylic acids is 1. The molecule has 0 saturated carbocycles. The topological polar surface area (TPSA) is 58.1 Å². The number of carbonyl (C=O) groups is 1. The maximum Gasteiger partial charge on any atom is 0.323 e. The number of aromatic nitrogens is 2. The van der Waals surface area contributed by atoms with Gasteiger partial charge < -0.3 is 5.32 Å². The Bertz CT molecular complexity index is 339. The smallest absolute Gasteiger partial charge is 0.323 e. The Morgan fingerprint density at radius 2 is 2.20 bits per heavy atom. The lowest BCUT2D eigenvalue weighted by molar-refractivity contribution is 0.249. The number of hydrogen-bond acceptors (Lipinski definition) is 5. The number of hydrogen-bond donors (Lipinski definition) is 1. The zero-order chi connectivity index (χ0) is 11.4. The Kier molecular flexibility index (Phi) is 4.34. The van der Waals surface area contributed by atoms with E-state index in [4.69, 9.17) is 0 Å². The average Bonchev–Trinajstić information content (AvgIpc) is 2.63. The van der Waals surface area contributed by atoms with E-state index in [0.29, 0.717) is 10.4 Å². The maximum absolute atomic E-state index is 11.3. The lowest BCUT2D eigenvalue weighted by Gasteiger charge is -2.11. The van der Waals surface area contributed by atoms with E-state index < -0.39 is 0 Å². The first-order chi connectivity index (χ1) is 7.04. The number of nitrogens with zero attached hydrogens (tertiary/aromatic N) is 3. The third-order valence-corrected chi connectivity index (χ3v) is 3.63. The van der Waals surface area contributed by atoms with E-state index in [0.717, 1.165) is 4.34 Å². The molecule has 7 heteroatoms. The van der Waals surface area contributed by atoms with Crippen LogP contribution in [0, 0.1) is 0 Å². The van der Waals surface area contributed by atoms with Crippen LogP contribution in [0.15, 0.2) is 4.34 Å². The summed E-state index contributed by atoms with van der Waals surface area (Å²) < 4.78 is 0.885. The first kappa shape index (κ1) is 12.3. The van der Waals surface area contributed by atoms with Crippen molar-refractivity contribution in [1.82, 2.24) is 15.5 Å². The van der Waals surface area contributed by atoms with Crippen LogP contribution in [0.2, 0.25) is 0 Å². The SMILES string of the molecule is CNC(=O)N(C)c1nnc(SC(C)C)s1. The fourth-order valence-corrected chi connectivity index (χ4v) is 2.87. The maximum atomic E-state index is 11.3. The molecule has 0 saturated heterocycles. The minimum atomic E-state index is -0.188. The molecule has 1 N–H and O–H groups in total. The summed E-state index contributed by atoms with van der Waals surface area (Å²) in [5, 5.41) is 11.6. The number of amides is 2. The molecule has 1 rings (SSSR count). The van der Waals surface area contributed by atoms with E-state index in [-0.39, 0.29) is 6.03 Å². The molecule has 0 aliphatic carbocycles. The minimum absolute atomic E-state index is 0.188. The molecular formula is C8H14N4OS2. The summed E-state index contributed by atoms with van der Waals surface area (Å²) in [5.74, 6) is 0. The molecule has 0 spiro atoms. The van der Waals surface area contributed by atoms with Gasteiger partial charge in [-0.2, -0.15) is 0 Å².